The van der Waals surface area contributed by atoms with E-state index in [1.54, 1.807) is 0 Å². The van der Waals surface area contributed by atoms with E-state index in [1.165, 1.54) is 0 Å². The fraction of sp³-hybridized carbons (Fsp3) is 0.900. The Morgan fingerprint density at radius 2 is 1.60 bits per heavy atom. The average Bonchev–Trinajstić information content (AvgIpc) is 2.07. The molecule has 0 atom stereocenters. The summed E-state index contributed by atoms with van der Waals surface area (Å²) in [7, 11) is 0. The van der Waals surface area contributed by atoms with Crippen LogP contribution in [0.4, 0.5) is 8.78 Å². The highest BCUT2D eigenvalue weighted by atomic mass is 19.3. The molecule has 2 saturated carbocycles. The number of hydrogen-bond donors (Lipinski definition) is 2. The molecule has 0 aromatic carbocycles. The quantitative estimate of drug-likeness (QED) is 0.706. The normalized spacial score (nSPS) is 30.9. The minimum absolute atomic E-state index is 0.122. The van der Waals surface area contributed by atoms with E-state index in [0.717, 1.165) is 0 Å². The van der Waals surface area contributed by atoms with Gasteiger partial charge in [0.05, 0.1) is 0 Å². The number of nitrogens with two attached hydrogens (primary N) is 1. The van der Waals surface area contributed by atoms with Gasteiger partial charge in [-0.3, -0.25) is 4.79 Å². The summed E-state index contributed by atoms with van der Waals surface area (Å²) in [5.74, 6) is -3.56. The summed E-state index contributed by atoms with van der Waals surface area (Å²) < 4.78 is 25.8. The molecule has 0 amide bonds. The second-order valence-electron chi connectivity index (χ2n) is 5.17. The molecule has 0 bridgehead atoms. The molecule has 3 nitrogen and oxygen atoms in total. The number of rotatable bonds is 1. The van der Waals surface area contributed by atoms with E-state index < -0.39 is 17.4 Å². The number of alkyl halides is 2. The highest BCUT2D eigenvalue weighted by Gasteiger charge is 2.59. The molecule has 86 valence electrons. The maximum absolute atomic E-state index is 12.9. The Bertz CT molecular complexity index is 286. The lowest BCUT2D eigenvalue weighted by Gasteiger charge is -2.55. The summed E-state index contributed by atoms with van der Waals surface area (Å²) in [4.78, 5) is 10.8. The molecule has 0 saturated heterocycles. The molecule has 0 aromatic heterocycles. The molecular formula is C10H15F2NO2. The maximum atomic E-state index is 12.9. The Labute approximate surface area is 86.6 Å². The average molecular weight is 219 g/mol. The minimum atomic E-state index is -2.55. The van der Waals surface area contributed by atoms with Crippen molar-refractivity contribution in [3.8, 4) is 0 Å². The molecule has 0 aromatic rings. The number of halogens is 2. The predicted octanol–water partition coefficient (Wildman–Crippen LogP) is 1.76. The summed E-state index contributed by atoms with van der Waals surface area (Å²) in [6.45, 7) is 0. The van der Waals surface area contributed by atoms with E-state index in [9.17, 15) is 13.6 Å². The van der Waals surface area contributed by atoms with Gasteiger partial charge in [-0.15, -0.1) is 0 Å². The standard InChI is InChI=1S/C10H15F2NO2/c11-10(12)3-1-8(2-4-10)5-9(13,6-8)7(14)15/h1-6,13H2,(H,14,15). The van der Waals surface area contributed by atoms with Crippen LogP contribution in [0.2, 0.25) is 0 Å². The van der Waals surface area contributed by atoms with Crippen LogP contribution < -0.4 is 5.73 Å². The van der Waals surface area contributed by atoms with E-state index in [1.807, 2.05) is 0 Å². The molecule has 0 radical (unpaired) electrons. The first kappa shape index (κ1) is 10.8. The fourth-order valence-electron chi connectivity index (χ4n) is 2.94. The monoisotopic (exact) mass is 219 g/mol. The zero-order valence-corrected chi connectivity index (χ0v) is 8.43. The highest BCUT2D eigenvalue weighted by molar-refractivity contribution is 5.80. The number of carboxylic acid groups (broad SMARTS) is 1. The van der Waals surface area contributed by atoms with Crippen molar-refractivity contribution >= 4 is 5.97 Å². The van der Waals surface area contributed by atoms with Crippen LogP contribution >= 0.6 is 0 Å². The topological polar surface area (TPSA) is 63.3 Å². The third kappa shape index (κ3) is 1.73. The van der Waals surface area contributed by atoms with Gasteiger partial charge in [0.15, 0.2) is 0 Å². The predicted molar refractivity (Wildman–Crippen MR) is 49.6 cm³/mol. The van der Waals surface area contributed by atoms with E-state index in [4.69, 9.17) is 10.8 Å². The van der Waals surface area contributed by atoms with Crippen molar-refractivity contribution in [1.29, 1.82) is 0 Å². The summed E-state index contributed by atoms with van der Waals surface area (Å²) in [5, 5.41) is 8.84. The smallest absolute Gasteiger partial charge is 0.323 e. The van der Waals surface area contributed by atoms with Crippen LogP contribution in [0.15, 0.2) is 0 Å². The summed E-state index contributed by atoms with van der Waals surface area (Å²) in [6.07, 6.45) is 1.28. The van der Waals surface area contributed by atoms with Gasteiger partial charge in [-0.25, -0.2) is 8.78 Å². The Hall–Kier alpha value is -0.710. The van der Waals surface area contributed by atoms with Crippen molar-refractivity contribution < 1.29 is 18.7 Å². The SMILES string of the molecule is NC1(C(=O)O)CC2(CCC(F)(F)CC2)C1. The lowest BCUT2D eigenvalue weighted by Crippen LogP contribution is -2.64. The van der Waals surface area contributed by atoms with Crippen molar-refractivity contribution in [1.82, 2.24) is 0 Å². The van der Waals surface area contributed by atoms with Gasteiger partial charge >= 0.3 is 5.97 Å². The first-order valence-electron chi connectivity index (χ1n) is 5.17. The lowest BCUT2D eigenvalue weighted by atomic mass is 9.52. The van der Waals surface area contributed by atoms with Crippen molar-refractivity contribution in [3.63, 3.8) is 0 Å². The molecule has 0 unspecified atom stereocenters. The number of hydrogen-bond acceptors (Lipinski definition) is 2. The van der Waals surface area contributed by atoms with Crippen LogP contribution in [0.1, 0.15) is 38.5 Å². The van der Waals surface area contributed by atoms with Gasteiger partial charge in [0, 0.05) is 12.8 Å². The molecule has 2 rings (SSSR count). The summed E-state index contributed by atoms with van der Waals surface area (Å²) in [5.41, 5.74) is 4.26. The summed E-state index contributed by atoms with van der Waals surface area (Å²) in [6, 6.07) is 0. The van der Waals surface area contributed by atoms with Crippen molar-refractivity contribution in [3.05, 3.63) is 0 Å². The van der Waals surface area contributed by atoms with E-state index >= 15 is 0 Å². The van der Waals surface area contributed by atoms with Gasteiger partial charge in [-0.1, -0.05) is 0 Å². The Morgan fingerprint density at radius 3 is 2.00 bits per heavy atom. The number of aliphatic carboxylic acids is 1. The molecule has 0 heterocycles. The fourth-order valence-corrected chi connectivity index (χ4v) is 2.94. The first-order valence-corrected chi connectivity index (χ1v) is 5.17. The summed E-state index contributed by atoms with van der Waals surface area (Å²) >= 11 is 0. The lowest BCUT2D eigenvalue weighted by molar-refractivity contribution is -0.160. The molecule has 2 aliphatic rings. The molecule has 5 heteroatoms. The highest BCUT2D eigenvalue weighted by Crippen LogP contribution is 2.58. The number of carbonyl (C=O) groups is 1. The van der Waals surface area contributed by atoms with Gasteiger partial charge in [-0.2, -0.15) is 0 Å². The molecule has 1 spiro atoms. The minimum Gasteiger partial charge on any atom is -0.480 e. The van der Waals surface area contributed by atoms with Gasteiger partial charge < -0.3 is 10.8 Å². The van der Waals surface area contributed by atoms with Crippen LogP contribution in [0.3, 0.4) is 0 Å². The Kier molecular flexibility index (Phi) is 2.09. The van der Waals surface area contributed by atoms with Crippen LogP contribution in [0.25, 0.3) is 0 Å². The molecular weight excluding hydrogens is 204 g/mol. The third-order valence-corrected chi connectivity index (χ3v) is 3.85. The Morgan fingerprint density at radius 1 is 1.13 bits per heavy atom. The van der Waals surface area contributed by atoms with Crippen LogP contribution in [0, 0.1) is 5.41 Å². The third-order valence-electron chi connectivity index (χ3n) is 3.85. The van der Waals surface area contributed by atoms with Crippen LogP contribution in [-0.2, 0) is 4.79 Å². The molecule has 2 fully saturated rings. The van der Waals surface area contributed by atoms with Crippen molar-refractivity contribution in [2.45, 2.75) is 50.0 Å². The molecule has 0 aliphatic heterocycles. The van der Waals surface area contributed by atoms with Gasteiger partial charge in [-0.05, 0) is 31.1 Å². The van der Waals surface area contributed by atoms with Crippen molar-refractivity contribution in [2.75, 3.05) is 0 Å². The van der Waals surface area contributed by atoms with Gasteiger partial charge in [0.1, 0.15) is 5.54 Å². The number of carboxylic acids is 1. The van der Waals surface area contributed by atoms with Gasteiger partial charge in [0.25, 0.3) is 0 Å². The Balaban J connectivity index is 1.96. The molecule has 3 N–H and O–H groups in total. The van der Waals surface area contributed by atoms with Crippen LogP contribution in [-0.4, -0.2) is 22.5 Å². The maximum Gasteiger partial charge on any atom is 0.323 e. The second-order valence-corrected chi connectivity index (χ2v) is 5.17. The van der Waals surface area contributed by atoms with Crippen LogP contribution in [0.5, 0.6) is 0 Å². The van der Waals surface area contributed by atoms with Gasteiger partial charge in [0.2, 0.25) is 5.92 Å². The van der Waals surface area contributed by atoms with E-state index in [2.05, 4.69) is 0 Å². The first-order chi connectivity index (χ1) is 6.77. The van der Waals surface area contributed by atoms with Crippen molar-refractivity contribution in [2.24, 2.45) is 11.1 Å². The van der Waals surface area contributed by atoms with E-state index in [0.29, 0.717) is 25.7 Å². The largest absolute Gasteiger partial charge is 0.480 e. The second kappa shape index (κ2) is 2.90. The zero-order valence-electron chi connectivity index (χ0n) is 8.43. The molecule has 15 heavy (non-hydrogen) atoms. The van der Waals surface area contributed by atoms with E-state index in [-0.39, 0.29) is 18.3 Å². The molecule has 2 aliphatic carbocycles. The zero-order chi connectivity index (χ0) is 11.3.